The van der Waals surface area contributed by atoms with Gasteiger partial charge in [-0.3, -0.25) is 14.2 Å². The summed E-state index contributed by atoms with van der Waals surface area (Å²) < 4.78 is 6.84. The highest BCUT2D eigenvalue weighted by atomic mass is 32.2. The van der Waals surface area contributed by atoms with Crippen LogP contribution in [0, 0.1) is 6.92 Å². The van der Waals surface area contributed by atoms with Gasteiger partial charge in [-0.25, -0.2) is 4.98 Å². The third-order valence-corrected chi connectivity index (χ3v) is 8.36. The molecule has 1 unspecified atom stereocenters. The maximum atomic E-state index is 13.7. The quantitative estimate of drug-likeness (QED) is 0.357. The Bertz CT molecular complexity index is 1200. The Balaban J connectivity index is 1.67. The topological polar surface area (TPSA) is 93.3 Å². The zero-order valence-electron chi connectivity index (χ0n) is 19.6. The monoisotopic (exact) mass is 489 g/mol. The molecule has 1 aliphatic carbocycles. The lowest BCUT2D eigenvalue weighted by atomic mass is 9.97. The van der Waals surface area contributed by atoms with Gasteiger partial charge in [-0.1, -0.05) is 23.8 Å². The Labute approximate surface area is 201 Å². The number of carbonyl (C=O) groups is 1. The van der Waals surface area contributed by atoms with Crippen molar-refractivity contribution < 1.29 is 9.32 Å². The van der Waals surface area contributed by atoms with E-state index >= 15 is 0 Å². The van der Waals surface area contributed by atoms with Gasteiger partial charge in [0, 0.05) is 17.5 Å². The van der Waals surface area contributed by atoms with E-state index in [4.69, 9.17) is 9.51 Å². The highest BCUT2D eigenvalue weighted by molar-refractivity contribution is 8.00. The molecule has 3 aromatic rings. The SMILES string of the molecule is CCC(Sc1nc2sc3c(c2c(=O)n1CCCN(C)C)CCCC3)C(=O)Nc1cc(C)on1. The number of hydrogen-bond donors (Lipinski definition) is 1. The normalized spacial score (nSPS) is 14.6. The lowest BCUT2D eigenvalue weighted by molar-refractivity contribution is -0.115. The fourth-order valence-corrected chi connectivity index (χ4v) is 6.48. The number of fused-ring (bicyclic) bond motifs is 3. The molecule has 0 saturated carbocycles. The Kier molecular flexibility index (Phi) is 7.55. The summed E-state index contributed by atoms with van der Waals surface area (Å²) >= 11 is 3.00. The molecule has 0 spiro atoms. The molecule has 4 rings (SSSR count). The third kappa shape index (κ3) is 5.33. The summed E-state index contributed by atoms with van der Waals surface area (Å²) in [6, 6.07) is 1.69. The first kappa shape index (κ1) is 24.0. The zero-order valence-corrected chi connectivity index (χ0v) is 21.3. The van der Waals surface area contributed by atoms with Crippen molar-refractivity contribution in [3.63, 3.8) is 0 Å². The van der Waals surface area contributed by atoms with Gasteiger partial charge in [0.25, 0.3) is 5.56 Å². The van der Waals surface area contributed by atoms with Crippen molar-refractivity contribution >= 4 is 45.0 Å². The fourth-order valence-electron chi connectivity index (χ4n) is 4.13. The number of rotatable bonds is 9. The number of aryl methyl sites for hydroxylation is 3. The highest BCUT2D eigenvalue weighted by Crippen LogP contribution is 2.35. The van der Waals surface area contributed by atoms with Gasteiger partial charge in [-0.05, 0) is 71.7 Å². The number of aromatic nitrogens is 3. The summed E-state index contributed by atoms with van der Waals surface area (Å²) in [4.78, 5) is 35.8. The van der Waals surface area contributed by atoms with Crippen molar-refractivity contribution in [3.8, 4) is 0 Å². The van der Waals surface area contributed by atoms with Gasteiger partial charge >= 0.3 is 0 Å². The summed E-state index contributed by atoms with van der Waals surface area (Å²) in [5.41, 5.74) is 1.23. The van der Waals surface area contributed by atoms with Gasteiger partial charge in [-0.2, -0.15) is 0 Å². The average Bonchev–Trinajstić information content (AvgIpc) is 3.36. The number of hydrogen-bond acceptors (Lipinski definition) is 8. The van der Waals surface area contributed by atoms with E-state index in [2.05, 4.69) is 15.4 Å². The number of anilines is 1. The second-order valence-electron chi connectivity index (χ2n) is 8.73. The van der Waals surface area contributed by atoms with Crippen molar-refractivity contribution in [2.45, 2.75) is 69.3 Å². The predicted octanol–water partition coefficient (Wildman–Crippen LogP) is 4.09. The van der Waals surface area contributed by atoms with Crippen molar-refractivity contribution in [2.75, 3.05) is 26.0 Å². The van der Waals surface area contributed by atoms with E-state index in [1.165, 1.54) is 22.2 Å². The largest absolute Gasteiger partial charge is 0.360 e. The Morgan fingerprint density at radius 3 is 2.85 bits per heavy atom. The second-order valence-corrected chi connectivity index (χ2v) is 11.0. The van der Waals surface area contributed by atoms with Crippen LogP contribution >= 0.6 is 23.1 Å². The van der Waals surface area contributed by atoms with Crippen LogP contribution < -0.4 is 10.9 Å². The van der Waals surface area contributed by atoms with Crippen molar-refractivity contribution in [3.05, 3.63) is 32.6 Å². The molecule has 33 heavy (non-hydrogen) atoms. The zero-order chi connectivity index (χ0) is 23.5. The van der Waals surface area contributed by atoms with E-state index < -0.39 is 5.25 Å². The molecule has 0 fully saturated rings. The summed E-state index contributed by atoms with van der Waals surface area (Å²) in [6.45, 7) is 5.19. The van der Waals surface area contributed by atoms with Crippen LogP contribution in [-0.4, -0.2) is 51.4 Å². The lowest BCUT2D eigenvalue weighted by Gasteiger charge is -2.18. The van der Waals surface area contributed by atoms with Crippen LogP contribution in [0.2, 0.25) is 0 Å². The molecule has 0 saturated heterocycles. The van der Waals surface area contributed by atoms with Gasteiger partial charge in [-0.15, -0.1) is 11.3 Å². The van der Waals surface area contributed by atoms with Crippen molar-refractivity contribution in [2.24, 2.45) is 0 Å². The van der Waals surface area contributed by atoms with E-state index in [-0.39, 0.29) is 11.5 Å². The van der Waals surface area contributed by atoms with E-state index in [1.54, 1.807) is 28.9 Å². The highest BCUT2D eigenvalue weighted by Gasteiger charge is 2.26. The molecule has 0 aromatic carbocycles. The first-order valence-electron chi connectivity index (χ1n) is 11.5. The molecule has 0 radical (unpaired) electrons. The molecule has 3 aromatic heterocycles. The third-order valence-electron chi connectivity index (χ3n) is 5.82. The van der Waals surface area contributed by atoms with Crippen LogP contribution in [0.3, 0.4) is 0 Å². The molecule has 10 heteroatoms. The maximum absolute atomic E-state index is 13.7. The Hall–Kier alpha value is -2.17. The first-order chi connectivity index (χ1) is 15.9. The molecule has 0 aliphatic heterocycles. The van der Waals surface area contributed by atoms with Crippen LogP contribution in [0.5, 0.6) is 0 Å². The minimum absolute atomic E-state index is 0.0306. The van der Waals surface area contributed by atoms with Crippen LogP contribution in [0.15, 0.2) is 20.5 Å². The smallest absolute Gasteiger partial charge is 0.263 e. The minimum atomic E-state index is -0.402. The Morgan fingerprint density at radius 2 is 2.15 bits per heavy atom. The second kappa shape index (κ2) is 10.4. The molecular formula is C23H31N5O3S2. The molecule has 0 bridgehead atoms. The average molecular weight is 490 g/mol. The van der Waals surface area contributed by atoms with Crippen LogP contribution in [0.1, 0.15) is 48.8 Å². The first-order valence-corrected chi connectivity index (χ1v) is 13.2. The van der Waals surface area contributed by atoms with Gasteiger partial charge in [0.15, 0.2) is 11.0 Å². The van der Waals surface area contributed by atoms with Crippen LogP contribution in [-0.2, 0) is 24.2 Å². The van der Waals surface area contributed by atoms with E-state index in [0.29, 0.717) is 29.7 Å². The molecule has 1 atom stereocenters. The number of thioether (sulfide) groups is 1. The Morgan fingerprint density at radius 1 is 1.36 bits per heavy atom. The minimum Gasteiger partial charge on any atom is -0.360 e. The molecule has 3 heterocycles. The molecule has 1 aliphatic rings. The molecule has 1 amide bonds. The molecule has 1 N–H and O–H groups in total. The number of nitrogens with zero attached hydrogens (tertiary/aromatic N) is 4. The lowest BCUT2D eigenvalue weighted by Crippen LogP contribution is -2.29. The van der Waals surface area contributed by atoms with E-state index in [0.717, 1.165) is 48.9 Å². The summed E-state index contributed by atoms with van der Waals surface area (Å²) in [6.07, 6.45) is 5.69. The maximum Gasteiger partial charge on any atom is 0.263 e. The summed E-state index contributed by atoms with van der Waals surface area (Å²) in [5.74, 6) is 0.860. The molecular weight excluding hydrogens is 458 g/mol. The molecule has 8 nitrogen and oxygen atoms in total. The standard InChI is InChI=1S/C23H31N5O3S2/c1-5-16(20(29)24-18-13-14(2)31-26-18)33-23-25-21-19(15-9-6-7-10-17(15)32-21)22(30)28(23)12-8-11-27(3)4/h13,16H,5-12H2,1-4H3,(H,24,26,29). The van der Waals surface area contributed by atoms with Gasteiger partial charge in [0.05, 0.1) is 10.6 Å². The van der Waals surface area contributed by atoms with E-state index in [1.807, 2.05) is 21.0 Å². The number of amides is 1. The predicted molar refractivity (Wildman–Crippen MR) is 133 cm³/mol. The summed E-state index contributed by atoms with van der Waals surface area (Å²) in [7, 11) is 4.05. The van der Waals surface area contributed by atoms with Crippen LogP contribution in [0.25, 0.3) is 10.2 Å². The fraction of sp³-hybridized carbons (Fsp3) is 0.565. The van der Waals surface area contributed by atoms with Crippen LogP contribution in [0.4, 0.5) is 5.82 Å². The summed E-state index contributed by atoms with van der Waals surface area (Å²) in [5, 5.41) is 7.68. The van der Waals surface area contributed by atoms with Gasteiger partial charge in [0.1, 0.15) is 10.6 Å². The molecule has 178 valence electrons. The number of carbonyl (C=O) groups excluding carboxylic acids is 1. The van der Waals surface area contributed by atoms with Crippen molar-refractivity contribution in [1.82, 2.24) is 19.6 Å². The number of nitrogens with one attached hydrogen (secondary N) is 1. The van der Waals surface area contributed by atoms with Gasteiger partial charge in [0.2, 0.25) is 5.91 Å². The number of thiophene rings is 1. The van der Waals surface area contributed by atoms with Crippen molar-refractivity contribution in [1.29, 1.82) is 0 Å². The van der Waals surface area contributed by atoms with Gasteiger partial charge < -0.3 is 14.7 Å². The van der Waals surface area contributed by atoms with E-state index in [9.17, 15) is 9.59 Å².